The normalized spacial score (nSPS) is 19.5. The smallest absolute Gasteiger partial charge is 0.147 e. The van der Waals surface area contributed by atoms with Gasteiger partial charge < -0.3 is 10.6 Å². The Morgan fingerprint density at radius 3 is 2.59 bits per heavy atom. The molecule has 17 heavy (non-hydrogen) atoms. The van der Waals surface area contributed by atoms with Gasteiger partial charge in [0.25, 0.3) is 0 Å². The van der Waals surface area contributed by atoms with Crippen LogP contribution in [0, 0.1) is 0 Å². The van der Waals surface area contributed by atoms with Gasteiger partial charge in [-0.3, -0.25) is 0 Å². The average molecular weight is 234 g/mol. The first-order valence-electron chi connectivity index (χ1n) is 6.27. The van der Waals surface area contributed by atoms with Gasteiger partial charge in [-0.25, -0.2) is 9.97 Å². The molecule has 2 rings (SSSR count). The highest BCUT2D eigenvalue weighted by atomic mass is 15.1. The Morgan fingerprint density at radius 1 is 1.35 bits per heavy atom. The van der Waals surface area contributed by atoms with Crippen molar-refractivity contribution in [2.45, 2.75) is 38.1 Å². The fourth-order valence-corrected chi connectivity index (χ4v) is 2.21. The second-order valence-electron chi connectivity index (χ2n) is 5.60. The lowest BCUT2D eigenvalue weighted by molar-refractivity contribution is 0.253. The number of rotatable bonds is 2. The van der Waals surface area contributed by atoms with E-state index in [1.165, 1.54) is 12.8 Å². The first kappa shape index (κ1) is 12.5. The predicted molar refractivity (Wildman–Crippen MR) is 68.7 cm³/mol. The molecule has 0 spiro atoms. The average Bonchev–Trinajstić information content (AvgIpc) is 2.29. The minimum absolute atomic E-state index is 0.457. The van der Waals surface area contributed by atoms with E-state index in [1.807, 2.05) is 26.1 Å². The van der Waals surface area contributed by atoms with Crippen LogP contribution in [-0.2, 0) is 5.54 Å². The summed E-state index contributed by atoms with van der Waals surface area (Å²) >= 11 is 0. The van der Waals surface area contributed by atoms with Crippen LogP contribution in [0.15, 0.2) is 12.3 Å². The molecular weight excluding hydrogens is 212 g/mol. The highest BCUT2D eigenvalue weighted by Gasteiger charge is 2.23. The minimum atomic E-state index is -0.457. The lowest BCUT2D eigenvalue weighted by atomic mass is 9.93. The summed E-state index contributed by atoms with van der Waals surface area (Å²) in [6.45, 7) is 6.19. The number of nitrogens with zero attached hydrogens (tertiary/aromatic N) is 3. The molecule has 0 atom stereocenters. The maximum Gasteiger partial charge on any atom is 0.147 e. The van der Waals surface area contributed by atoms with Crippen molar-refractivity contribution in [2.24, 2.45) is 5.73 Å². The Bertz CT molecular complexity index is 375. The van der Waals surface area contributed by atoms with E-state index in [0.717, 1.165) is 24.6 Å². The molecule has 0 bridgehead atoms. The van der Waals surface area contributed by atoms with Gasteiger partial charge in [0.2, 0.25) is 0 Å². The Labute approximate surface area is 103 Å². The van der Waals surface area contributed by atoms with Gasteiger partial charge in [-0.1, -0.05) is 0 Å². The number of likely N-dealkylation sites (tertiary alicyclic amines) is 1. The van der Waals surface area contributed by atoms with Crippen LogP contribution in [0.25, 0.3) is 0 Å². The van der Waals surface area contributed by atoms with Gasteiger partial charge in [-0.05, 0) is 52.9 Å². The molecule has 0 amide bonds. The molecule has 2 N–H and O–H groups in total. The van der Waals surface area contributed by atoms with Crippen molar-refractivity contribution in [1.82, 2.24) is 14.9 Å². The van der Waals surface area contributed by atoms with Gasteiger partial charge >= 0.3 is 0 Å². The van der Waals surface area contributed by atoms with Gasteiger partial charge in [-0.2, -0.15) is 0 Å². The molecule has 4 heteroatoms. The van der Waals surface area contributed by atoms with Crippen molar-refractivity contribution in [3.8, 4) is 0 Å². The molecule has 1 fully saturated rings. The largest absolute Gasteiger partial charge is 0.319 e. The van der Waals surface area contributed by atoms with Crippen LogP contribution < -0.4 is 5.73 Å². The fourth-order valence-electron chi connectivity index (χ4n) is 2.21. The van der Waals surface area contributed by atoms with E-state index in [1.54, 1.807) is 0 Å². The first-order chi connectivity index (χ1) is 7.97. The molecule has 94 valence electrons. The standard InChI is InChI=1S/C13H22N4/c1-13(2,14)12-15-7-4-11(16-12)10-5-8-17(3)9-6-10/h4,7,10H,5-6,8-9,14H2,1-3H3. The van der Waals surface area contributed by atoms with E-state index in [0.29, 0.717) is 5.92 Å². The lowest BCUT2D eigenvalue weighted by Crippen LogP contribution is -2.33. The monoisotopic (exact) mass is 234 g/mol. The van der Waals surface area contributed by atoms with E-state index in [9.17, 15) is 0 Å². The van der Waals surface area contributed by atoms with Crippen LogP contribution in [-0.4, -0.2) is 35.0 Å². The number of hydrogen-bond donors (Lipinski definition) is 1. The van der Waals surface area contributed by atoms with Gasteiger partial charge in [0.05, 0.1) is 5.54 Å². The molecule has 4 nitrogen and oxygen atoms in total. The van der Waals surface area contributed by atoms with Gasteiger partial charge in [0.1, 0.15) is 5.82 Å². The zero-order valence-corrected chi connectivity index (χ0v) is 11.0. The van der Waals surface area contributed by atoms with Crippen LogP contribution in [0.5, 0.6) is 0 Å². The maximum absolute atomic E-state index is 6.04. The highest BCUT2D eigenvalue weighted by molar-refractivity contribution is 5.13. The van der Waals surface area contributed by atoms with E-state index in [-0.39, 0.29) is 0 Å². The summed E-state index contributed by atoms with van der Waals surface area (Å²) in [5.74, 6) is 1.31. The summed E-state index contributed by atoms with van der Waals surface area (Å²) in [5, 5.41) is 0. The highest BCUT2D eigenvalue weighted by Crippen LogP contribution is 2.26. The Balaban J connectivity index is 2.16. The zero-order valence-electron chi connectivity index (χ0n) is 11.0. The summed E-state index contributed by atoms with van der Waals surface area (Å²) in [6, 6.07) is 2.03. The van der Waals surface area contributed by atoms with E-state index in [4.69, 9.17) is 5.73 Å². The van der Waals surface area contributed by atoms with Crippen LogP contribution >= 0.6 is 0 Å². The molecule has 0 unspecified atom stereocenters. The van der Waals surface area contributed by atoms with Crippen molar-refractivity contribution >= 4 is 0 Å². The first-order valence-corrected chi connectivity index (χ1v) is 6.27. The molecule has 1 aliphatic heterocycles. The molecule has 0 aromatic carbocycles. The predicted octanol–water partition coefficient (Wildman–Crippen LogP) is 1.48. The number of hydrogen-bond acceptors (Lipinski definition) is 4. The summed E-state index contributed by atoms with van der Waals surface area (Å²) in [5.41, 5.74) is 6.74. The molecule has 1 aromatic heterocycles. The van der Waals surface area contributed by atoms with E-state index in [2.05, 4.69) is 21.9 Å². The van der Waals surface area contributed by atoms with Crippen LogP contribution in [0.2, 0.25) is 0 Å². The fraction of sp³-hybridized carbons (Fsp3) is 0.692. The second-order valence-corrected chi connectivity index (χ2v) is 5.60. The number of nitrogens with two attached hydrogens (primary N) is 1. The van der Waals surface area contributed by atoms with E-state index < -0.39 is 5.54 Å². The number of aromatic nitrogens is 2. The van der Waals surface area contributed by atoms with Crippen molar-refractivity contribution in [2.75, 3.05) is 20.1 Å². The van der Waals surface area contributed by atoms with Crippen LogP contribution in [0.1, 0.15) is 44.1 Å². The van der Waals surface area contributed by atoms with Crippen LogP contribution in [0.4, 0.5) is 0 Å². The Morgan fingerprint density at radius 2 is 2.00 bits per heavy atom. The zero-order chi connectivity index (χ0) is 12.5. The van der Waals surface area contributed by atoms with Gasteiger partial charge in [0.15, 0.2) is 0 Å². The molecule has 1 aliphatic rings. The third kappa shape index (κ3) is 3.01. The van der Waals surface area contributed by atoms with Crippen molar-refractivity contribution < 1.29 is 0 Å². The molecule has 1 saturated heterocycles. The van der Waals surface area contributed by atoms with Crippen molar-refractivity contribution in [3.63, 3.8) is 0 Å². The topological polar surface area (TPSA) is 55.0 Å². The summed E-state index contributed by atoms with van der Waals surface area (Å²) in [4.78, 5) is 11.3. The van der Waals surface area contributed by atoms with E-state index >= 15 is 0 Å². The summed E-state index contributed by atoms with van der Waals surface area (Å²) < 4.78 is 0. The molecule has 2 heterocycles. The number of piperidine rings is 1. The molecule has 0 aliphatic carbocycles. The third-order valence-electron chi connectivity index (χ3n) is 3.39. The minimum Gasteiger partial charge on any atom is -0.319 e. The van der Waals surface area contributed by atoms with Crippen molar-refractivity contribution in [3.05, 3.63) is 23.8 Å². The Hall–Kier alpha value is -1.00. The van der Waals surface area contributed by atoms with Gasteiger partial charge in [-0.15, -0.1) is 0 Å². The van der Waals surface area contributed by atoms with Crippen LogP contribution in [0.3, 0.4) is 0 Å². The summed E-state index contributed by atoms with van der Waals surface area (Å²) in [6.07, 6.45) is 4.19. The second kappa shape index (κ2) is 4.70. The maximum atomic E-state index is 6.04. The molecular formula is C13H22N4. The third-order valence-corrected chi connectivity index (χ3v) is 3.39. The lowest BCUT2D eigenvalue weighted by Gasteiger charge is -2.29. The molecule has 0 radical (unpaired) electrons. The molecule has 0 saturated carbocycles. The quantitative estimate of drug-likeness (QED) is 0.842. The summed E-state index contributed by atoms with van der Waals surface area (Å²) in [7, 11) is 2.17. The SMILES string of the molecule is CN1CCC(c2ccnc(C(C)(C)N)n2)CC1. The molecule has 1 aromatic rings. The van der Waals surface area contributed by atoms with Gasteiger partial charge in [0, 0.05) is 17.8 Å². The van der Waals surface area contributed by atoms with Crippen molar-refractivity contribution in [1.29, 1.82) is 0 Å². The Kier molecular flexibility index (Phi) is 3.45.